The third-order valence-electron chi connectivity index (χ3n) is 3.56. The van der Waals surface area contributed by atoms with Crippen molar-refractivity contribution in [1.29, 1.82) is 0 Å². The fraction of sp³-hybridized carbons (Fsp3) is 0.579. The van der Waals surface area contributed by atoms with Gasteiger partial charge in [0.15, 0.2) is 0 Å². The van der Waals surface area contributed by atoms with Crippen molar-refractivity contribution in [2.24, 2.45) is 17.1 Å². The van der Waals surface area contributed by atoms with Crippen molar-refractivity contribution in [3.05, 3.63) is 28.8 Å². The van der Waals surface area contributed by atoms with E-state index in [1.165, 1.54) is 0 Å². The van der Waals surface area contributed by atoms with Crippen LogP contribution >= 0.6 is 11.6 Å². The Morgan fingerprint density at radius 1 is 1.24 bits per heavy atom. The summed E-state index contributed by atoms with van der Waals surface area (Å²) in [7, 11) is 0. The Labute approximate surface area is 155 Å². The molecule has 2 amide bonds. The Hall–Kier alpha value is -1.59. The van der Waals surface area contributed by atoms with Gasteiger partial charge in [0, 0.05) is 24.7 Å². The second kappa shape index (κ2) is 9.20. The minimum Gasteiger partial charge on any atom is -0.348 e. The molecule has 0 spiro atoms. The Kier molecular flexibility index (Phi) is 7.90. The van der Waals surface area contributed by atoms with E-state index in [1.54, 1.807) is 18.2 Å². The molecule has 0 saturated carbocycles. The summed E-state index contributed by atoms with van der Waals surface area (Å²) < 4.78 is 0. The Morgan fingerprint density at radius 2 is 1.88 bits per heavy atom. The van der Waals surface area contributed by atoms with Gasteiger partial charge >= 0.3 is 0 Å². The highest BCUT2D eigenvalue weighted by atomic mass is 35.5. The standard InChI is InChI=1S/C19H30ClN3O2/c1-12(2)8-14(11-21)23-18(25)15-9-13(6-7-16(15)20)22-17(24)10-19(3,4)5/h6-7,9,12,14H,8,10-11,21H2,1-5H3,(H,22,24)(H,23,25). The van der Waals surface area contributed by atoms with Crippen LogP contribution in [0.3, 0.4) is 0 Å². The van der Waals surface area contributed by atoms with E-state index in [1.807, 2.05) is 20.8 Å². The van der Waals surface area contributed by atoms with Crippen LogP contribution in [0.1, 0.15) is 57.8 Å². The van der Waals surface area contributed by atoms with E-state index in [4.69, 9.17) is 17.3 Å². The number of halogens is 1. The Bertz CT molecular complexity index is 609. The highest BCUT2D eigenvalue weighted by Crippen LogP contribution is 2.23. The third-order valence-corrected chi connectivity index (χ3v) is 3.89. The van der Waals surface area contributed by atoms with Crippen molar-refractivity contribution >= 4 is 29.1 Å². The summed E-state index contributed by atoms with van der Waals surface area (Å²) in [5.74, 6) is 0.0428. The fourth-order valence-electron chi connectivity index (χ4n) is 2.51. The normalized spacial score (nSPS) is 12.8. The van der Waals surface area contributed by atoms with Gasteiger partial charge in [0.25, 0.3) is 5.91 Å². The molecule has 6 heteroatoms. The summed E-state index contributed by atoms with van der Waals surface area (Å²) in [6.07, 6.45) is 1.18. The fourth-order valence-corrected chi connectivity index (χ4v) is 2.71. The molecule has 1 aromatic carbocycles. The molecule has 0 saturated heterocycles. The van der Waals surface area contributed by atoms with Gasteiger partial charge in [0.05, 0.1) is 10.6 Å². The molecule has 5 nitrogen and oxygen atoms in total. The predicted octanol–water partition coefficient (Wildman–Crippen LogP) is 3.82. The molecule has 25 heavy (non-hydrogen) atoms. The third kappa shape index (κ3) is 7.88. The topological polar surface area (TPSA) is 84.2 Å². The van der Waals surface area contributed by atoms with Crippen molar-refractivity contribution in [1.82, 2.24) is 5.32 Å². The first kappa shape index (κ1) is 21.5. The van der Waals surface area contributed by atoms with Crippen LogP contribution < -0.4 is 16.4 Å². The molecular weight excluding hydrogens is 338 g/mol. The number of carbonyl (C=O) groups excluding carboxylic acids is 2. The lowest BCUT2D eigenvalue weighted by atomic mass is 9.92. The second-order valence-corrected chi connectivity index (χ2v) is 8.42. The largest absolute Gasteiger partial charge is 0.348 e. The molecule has 0 fully saturated rings. The van der Waals surface area contributed by atoms with Crippen LogP contribution in [0.2, 0.25) is 5.02 Å². The van der Waals surface area contributed by atoms with Crippen LogP contribution in [-0.2, 0) is 4.79 Å². The zero-order chi connectivity index (χ0) is 19.2. The summed E-state index contributed by atoms with van der Waals surface area (Å²) >= 11 is 6.16. The van der Waals surface area contributed by atoms with Crippen LogP contribution in [0.5, 0.6) is 0 Å². The summed E-state index contributed by atoms with van der Waals surface area (Å²) in [4.78, 5) is 24.6. The molecule has 140 valence electrons. The molecule has 0 radical (unpaired) electrons. The lowest BCUT2D eigenvalue weighted by Crippen LogP contribution is -2.41. The maximum absolute atomic E-state index is 12.5. The van der Waals surface area contributed by atoms with Gasteiger partial charge in [-0.1, -0.05) is 46.2 Å². The van der Waals surface area contributed by atoms with Crippen LogP contribution in [0, 0.1) is 11.3 Å². The molecule has 4 N–H and O–H groups in total. The van der Waals surface area contributed by atoms with Crippen molar-refractivity contribution in [3.63, 3.8) is 0 Å². The molecule has 1 aromatic rings. The Morgan fingerprint density at radius 3 is 2.40 bits per heavy atom. The maximum Gasteiger partial charge on any atom is 0.253 e. The quantitative estimate of drug-likeness (QED) is 0.684. The van der Waals surface area contributed by atoms with E-state index in [2.05, 4.69) is 24.5 Å². The van der Waals surface area contributed by atoms with E-state index in [-0.39, 0.29) is 23.3 Å². The summed E-state index contributed by atoms with van der Waals surface area (Å²) in [6, 6.07) is 4.79. The average Bonchev–Trinajstić information content (AvgIpc) is 2.45. The molecule has 0 aliphatic heterocycles. The minimum absolute atomic E-state index is 0.0965. The number of benzene rings is 1. The molecule has 1 atom stereocenters. The Balaban J connectivity index is 2.86. The summed E-state index contributed by atoms with van der Waals surface area (Å²) in [5, 5.41) is 6.07. The van der Waals surface area contributed by atoms with E-state index < -0.39 is 0 Å². The van der Waals surface area contributed by atoms with Crippen molar-refractivity contribution in [3.8, 4) is 0 Å². The molecule has 0 heterocycles. The lowest BCUT2D eigenvalue weighted by Gasteiger charge is -2.20. The first-order valence-corrected chi connectivity index (χ1v) is 9.00. The van der Waals surface area contributed by atoms with E-state index in [9.17, 15) is 9.59 Å². The number of amides is 2. The minimum atomic E-state index is -0.284. The van der Waals surface area contributed by atoms with Crippen molar-refractivity contribution in [2.45, 2.75) is 53.5 Å². The van der Waals surface area contributed by atoms with E-state index in [0.717, 1.165) is 6.42 Å². The predicted molar refractivity (Wildman–Crippen MR) is 104 cm³/mol. The summed E-state index contributed by atoms with van der Waals surface area (Å²) in [6.45, 7) is 10.5. The van der Waals surface area contributed by atoms with Crippen LogP contribution in [-0.4, -0.2) is 24.4 Å². The molecule has 0 bridgehead atoms. The van der Waals surface area contributed by atoms with Gasteiger partial charge in [-0.05, 0) is 36.0 Å². The number of hydrogen-bond donors (Lipinski definition) is 3. The maximum atomic E-state index is 12.5. The highest BCUT2D eigenvalue weighted by Gasteiger charge is 2.19. The number of rotatable bonds is 7. The molecule has 0 aliphatic carbocycles. The average molecular weight is 368 g/mol. The van der Waals surface area contributed by atoms with E-state index in [0.29, 0.717) is 35.2 Å². The molecule has 1 unspecified atom stereocenters. The van der Waals surface area contributed by atoms with Crippen LogP contribution in [0.4, 0.5) is 5.69 Å². The number of anilines is 1. The number of carbonyl (C=O) groups is 2. The first-order chi connectivity index (χ1) is 11.5. The van der Waals surface area contributed by atoms with Crippen LogP contribution in [0.25, 0.3) is 0 Å². The number of hydrogen-bond acceptors (Lipinski definition) is 3. The molecule has 1 rings (SSSR count). The highest BCUT2D eigenvalue weighted by molar-refractivity contribution is 6.34. The summed E-state index contributed by atoms with van der Waals surface area (Å²) in [5.41, 5.74) is 6.51. The number of nitrogens with one attached hydrogen (secondary N) is 2. The smallest absolute Gasteiger partial charge is 0.253 e. The monoisotopic (exact) mass is 367 g/mol. The van der Waals surface area contributed by atoms with Gasteiger partial charge in [0.2, 0.25) is 5.91 Å². The van der Waals surface area contributed by atoms with Gasteiger partial charge in [-0.15, -0.1) is 0 Å². The zero-order valence-corrected chi connectivity index (χ0v) is 16.5. The molecular formula is C19H30ClN3O2. The van der Waals surface area contributed by atoms with Crippen molar-refractivity contribution < 1.29 is 9.59 Å². The van der Waals surface area contributed by atoms with Crippen molar-refractivity contribution in [2.75, 3.05) is 11.9 Å². The van der Waals surface area contributed by atoms with Gasteiger partial charge in [-0.3, -0.25) is 9.59 Å². The molecule has 0 aromatic heterocycles. The van der Waals surface area contributed by atoms with Gasteiger partial charge < -0.3 is 16.4 Å². The lowest BCUT2D eigenvalue weighted by molar-refractivity contribution is -0.117. The van der Waals surface area contributed by atoms with Gasteiger partial charge in [-0.2, -0.15) is 0 Å². The molecule has 0 aliphatic rings. The van der Waals surface area contributed by atoms with Gasteiger partial charge in [0.1, 0.15) is 0 Å². The first-order valence-electron chi connectivity index (χ1n) is 8.62. The second-order valence-electron chi connectivity index (χ2n) is 8.02. The van der Waals surface area contributed by atoms with Gasteiger partial charge in [-0.25, -0.2) is 0 Å². The SMILES string of the molecule is CC(C)CC(CN)NC(=O)c1cc(NC(=O)CC(C)(C)C)ccc1Cl. The zero-order valence-electron chi connectivity index (χ0n) is 15.8. The number of nitrogens with two attached hydrogens (primary N) is 1. The van der Waals surface area contributed by atoms with E-state index >= 15 is 0 Å². The van der Waals surface area contributed by atoms with Crippen LogP contribution in [0.15, 0.2) is 18.2 Å².